The molecule has 10 heavy (non-hydrogen) atoms. The van der Waals surface area contributed by atoms with Crippen molar-refractivity contribution in [3.05, 3.63) is 0 Å². The summed E-state index contributed by atoms with van der Waals surface area (Å²) in [7, 11) is 0. The van der Waals surface area contributed by atoms with E-state index in [-0.39, 0.29) is 19.1 Å². The van der Waals surface area contributed by atoms with Gasteiger partial charge in [-0.05, 0) is 20.8 Å². The lowest BCUT2D eigenvalue weighted by Crippen LogP contribution is -2.21. The lowest BCUT2D eigenvalue weighted by Gasteiger charge is -2.18. The topological polar surface area (TPSA) is 53.7 Å². The van der Waals surface area contributed by atoms with Crippen LogP contribution in [-0.4, -0.2) is 19.1 Å². The van der Waals surface area contributed by atoms with Crippen molar-refractivity contribution in [2.75, 3.05) is 13.5 Å². The molecule has 0 atom stereocenters. The Bertz CT molecular complexity index is 79.6. The second-order valence-electron chi connectivity index (χ2n) is 2.78. The Balaban J connectivity index is 3.04. The number of nitrogens with two attached hydrogens (primary N) is 1. The summed E-state index contributed by atoms with van der Waals surface area (Å²) in [5, 5.41) is 0. The van der Waals surface area contributed by atoms with Crippen LogP contribution in [0.3, 0.4) is 0 Å². The molecule has 0 fully saturated rings. The van der Waals surface area contributed by atoms with E-state index in [2.05, 4.69) is 9.78 Å². The van der Waals surface area contributed by atoms with Gasteiger partial charge in [0.2, 0.25) is 0 Å². The van der Waals surface area contributed by atoms with E-state index in [4.69, 9.17) is 10.5 Å². The summed E-state index contributed by atoms with van der Waals surface area (Å²) >= 11 is 0. The fourth-order valence-electron chi connectivity index (χ4n) is 0.283. The lowest BCUT2D eigenvalue weighted by atomic mass is 10.2. The van der Waals surface area contributed by atoms with Crippen LogP contribution >= 0.6 is 0 Å². The summed E-state index contributed by atoms with van der Waals surface area (Å²) < 4.78 is 5.13. The minimum Gasteiger partial charge on any atom is -0.347 e. The van der Waals surface area contributed by atoms with Crippen LogP contribution < -0.4 is 5.73 Å². The van der Waals surface area contributed by atoms with Gasteiger partial charge < -0.3 is 10.5 Å². The van der Waals surface area contributed by atoms with E-state index in [9.17, 15) is 0 Å². The molecule has 0 radical (unpaired) electrons. The Hall–Kier alpha value is -0.160. The zero-order valence-electron chi connectivity index (χ0n) is 6.72. The molecule has 0 saturated heterocycles. The third kappa shape index (κ3) is 7.84. The predicted molar refractivity (Wildman–Crippen MR) is 36.9 cm³/mol. The van der Waals surface area contributed by atoms with Gasteiger partial charge in [-0.2, -0.15) is 0 Å². The van der Waals surface area contributed by atoms with E-state index < -0.39 is 0 Å². The third-order valence-corrected chi connectivity index (χ3v) is 0.691. The van der Waals surface area contributed by atoms with Crippen LogP contribution in [0.1, 0.15) is 20.8 Å². The Morgan fingerprint density at radius 2 is 1.80 bits per heavy atom. The first-order chi connectivity index (χ1) is 4.56. The standard InChI is InChI=1S/C6H15NO3/c1-6(2,3)8-5-10-9-4-7/h4-5,7H2,1-3H3. The van der Waals surface area contributed by atoms with Crippen molar-refractivity contribution < 1.29 is 14.5 Å². The van der Waals surface area contributed by atoms with E-state index in [0.29, 0.717) is 0 Å². The van der Waals surface area contributed by atoms with Crippen molar-refractivity contribution in [1.82, 2.24) is 0 Å². The smallest absolute Gasteiger partial charge is 0.181 e. The summed E-state index contributed by atoms with van der Waals surface area (Å²) in [6, 6.07) is 0. The van der Waals surface area contributed by atoms with Gasteiger partial charge in [0.15, 0.2) is 6.79 Å². The van der Waals surface area contributed by atoms with E-state index in [1.54, 1.807) is 0 Å². The van der Waals surface area contributed by atoms with Crippen LogP contribution in [0, 0.1) is 0 Å². The summed E-state index contributed by atoms with van der Waals surface area (Å²) in [5.41, 5.74) is 4.78. The maximum Gasteiger partial charge on any atom is 0.181 e. The van der Waals surface area contributed by atoms with Gasteiger partial charge in [0.25, 0.3) is 0 Å². The van der Waals surface area contributed by atoms with Crippen LogP contribution in [0.2, 0.25) is 0 Å². The highest BCUT2D eigenvalue weighted by molar-refractivity contribution is 4.56. The summed E-state index contributed by atoms with van der Waals surface area (Å²) in [5.74, 6) is 0. The van der Waals surface area contributed by atoms with Crippen LogP contribution in [0.5, 0.6) is 0 Å². The van der Waals surface area contributed by atoms with Crippen molar-refractivity contribution in [1.29, 1.82) is 0 Å². The van der Waals surface area contributed by atoms with E-state index in [0.717, 1.165) is 0 Å². The average Bonchev–Trinajstić information content (AvgIpc) is 1.78. The molecule has 0 spiro atoms. The van der Waals surface area contributed by atoms with Gasteiger partial charge in [-0.25, -0.2) is 9.78 Å². The third-order valence-electron chi connectivity index (χ3n) is 0.691. The lowest BCUT2D eigenvalue weighted by molar-refractivity contribution is -0.346. The predicted octanol–water partition coefficient (Wildman–Crippen LogP) is 0.623. The Morgan fingerprint density at radius 1 is 1.20 bits per heavy atom. The quantitative estimate of drug-likeness (QED) is 0.275. The van der Waals surface area contributed by atoms with Gasteiger partial charge in [-0.1, -0.05) is 0 Å². The van der Waals surface area contributed by atoms with Gasteiger partial charge in [0.1, 0.15) is 6.73 Å². The molecule has 2 N–H and O–H groups in total. The molecular weight excluding hydrogens is 134 g/mol. The van der Waals surface area contributed by atoms with E-state index in [1.807, 2.05) is 20.8 Å². The first-order valence-electron chi connectivity index (χ1n) is 3.15. The average molecular weight is 149 g/mol. The minimum atomic E-state index is -0.196. The van der Waals surface area contributed by atoms with Crippen molar-refractivity contribution in [3.8, 4) is 0 Å². The highest BCUT2D eigenvalue weighted by atomic mass is 17.2. The van der Waals surface area contributed by atoms with Crippen LogP contribution in [0.25, 0.3) is 0 Å². The molecule has 0 rings (SSSR count). The Labute approximate surface area is 61.2 Å². The number of ether oxygens (including phenoxy) is 1. The molecule has 0 saturated carbocycles. The first-order valence-corrected chi connectivity index (χ1v) is 3.15. The second kappa shape index (κ2) is 4.62. The van der Waals surface area contributed by atoms with Gasteiger partial charge >= 0.3 is 0 Å². The van der Waals surface area contributed by atoms with E-state index in [1.165, 1.54) is 0 Å². The molecular formula is C6H15NO3. The van der Waals surface area contributed by atoms with E-state index >= 15 is 0 Å². The molecule has 4 nitrogen and oxygen atoms in total. The van der Waals surface area contributed by atoms with Crippen molar-refractivity contribution in [2.45, 2.75) is 26.4 Å². The normalized spacial score (nSPS) is 12.0. The SMILES string of the molecule is CC(C)(C)OCOOCN. The maximum absolute atomic E-state index is 5.13. The second-order valence-corrected chi connectivity index (χ2v) is 2.78. The first kappa shape index (κ1) is 9.84. The number of hydrogen-bond donors (Lipinski definition) is 1. The molecule has 0 aliphatic carbocycles. The molecule has 0 aromatic heterocycles. The molecule has 62 valence electrons. The zero-order chi connectivity index (χ0) is 8.04. The monoisotopic (exact) mass is 149 g/mol. The Morgan fingerprint density at radius 3 is 2.20 bits per heavy atom. The molecule has 0 aliphatic heterocycles. The summed E-state index contributed by atoms with van der Waals surface area (Å²) in [6.45, 7) is 5.95. The fourth-order valence-corrected chi connectivity index (χ4v) is 0.283. The molecule has 4 heteroatoms. The largest absolute Gasteiger partial charge is 0.347 e. The molecule has 0 aliphatic rings. The molecule has 0 aromatic carbocycles. The highest BCUT2D eigenvalue weighted by Crippen LogP contribution is 2.05. The van der Waals surface area contributed by atoms with Crippen molar-refractivity contribution in [3.63, 3.8) is 0 Å². The van der Waals surface area contributed by atoms with Gasteiger partial charge in [-0.3, -0.25) is 0 Å². The van der Waals surface area contributed by atoms with Gasteiger partial charge in [0.05, 0.1) is 5.60 Å². The molecule has 0 amide bonds. The maximum atomic E-state index is 5.13. The zero-order valence-corrected chi connectivity index (χ0v) is 6.72. The molecule has 0 aromatic rings. The number of hydrogen-bond acceptors (Lipinski definition) is 4. The summed E-state index contributed by atoms with van der Waals surface area (Å²) in [4.78, 5) is 8.89. The minimum absolute atomic E-state index is 0.0491. The van der Waals surface area contributed by atoms with Crippen LogP contribution in [0.15, 0.2) is 0 Å². The van der Waals surface area contributed by atoms with Gasteiger partial charge in [0, 0.05) is 0 Å². The van der Waals surface area contributed by atoms with Crippen molar-refractivity contribution in [2.24, 2.45) is 5.73 Å². The van der Waals surface area contributed by atoms with Crippen LogP contribution in [0.4, 0.5) is 0 Å². The van der Waals surface area contributed by atoms with Crippen LogP contribution in [-0.2, 0) is 14.5 Å². The van der Waals surface area contributed by atoms with Gasteiger partial charge in [-0.15, -0.1) is 0 Å². The molecule has 0 unspecified atom stereocenters. The number of rotatable bonds is 4. The van der Waals surface area contributed by atoms with Crippen molar-refractivity contribution >= 4 is 0 Å². The highest BCUT2D eigenvalue weighted by Gasteiger charge is 2.09. The molecule has 0 heterocycles. The Kier molecular flexibility index (Phi) is 4.55. The summed E-state index contributed by atoms with van der Waals surface area (Å²) in [6.07, 6.45) is 0. The molecule has 0 bridgehead atoms. The fraction of sp³-hybridized carbons (Fsp3) is 1.00.